The second-order valence-electron chi connectivity index (χ2n) is 6.22. The van der Waals surface area contributed by atoms with Gasteiger partial charge in [0, 0.05) is 6.42 Å². The van der Waals surface area contributed by atoms with E-state index in [2.05, 4.69) is 25.5 Å². The largest absolute Gasteiger partial charge is 0.469 e. The predicted molar refractivity (Wildman–Crippen MR) is 98.3 cm³/mol. The molecule has 0 spiro atoms. The highest BCUT2D eigenvalue weighted by Crippen LogP contribution is 2.08. The Morgan fingerprint density at radius 3 is 1.23 bits per heavy atom. The van der Waals surface area contributed by atoms with Crippen LogP contribution >= 0.6 is 0 Å². The fraction of sp³-hybridized carbons (Fsp3) is 0.950. The van der Waals surface area contributed by atoms with E-state index >= 15 is 0 Å². The Bertz CT molecular complexity index is 194. The average molecular weight is 315 g/mol. The number of unbranched alkanes of at least 4 members (excludes halogenated alkanes) is 12. The summed E-state index contributed by atoms with van der Waals surface area (Å²) in [5.74, 6) is -0.0782. The molecule has 0 aliphatic rings. The zero-order valence-electron chi connectivity index (χ0n) is 15.9. The molecule has 0 saturated heterocycles. The third-order valence-corrected chi connectivity index (χ3v) is 3.92. The molecule has 0 bridgehead atoms. The van der Waals surface area contributed by atoms with E-state index in [0.29, 0.717) is 6.42 Å². The van der Waals surface area contributed by atoms with Crippen molar-refractivity contribution in [3.8, 4) is 0 Å². The maximum absolute atomic E-state index is 10.7. The number of ether oxygens (including phenoxy) is 1. The van der Waals surface area contributed by atoms with E-state index in [-0.39, 0.29) is 5.97 Å². The molecular formula is C20H42O2. The van der Waals surface area contributed by atoms with Crippen molar-refractivity contribution < 1.29 is 9.53 Å². The van der Waals surface area contributed by atoms with E-state index in [1.165, 1.54) is 84.2 Å². The average Bonchev–Trinajstić information content (AvgIpc) is 2.54. The lowest BCUT2D eigenvalue weighted by molar-refractivity contribution is -0.140. The number of hydrogen-bond acceptors (Lipinski definition) is 2. The molecule has 0 N–H and O–H groups in total. The normalized spacial score (nSPS) is 10.0. The van der Waals surface area contributed by atoms with Crippen molar-refractivity contribution >= 4 is 5.97 Å². The molecule has 0 radical (unpaired) electrons. The number of carbonyl (C=O) groups excluding carboxylic acids is 1. The number of esters is 1. The molecular weight excluding hydrogens is 272 g/mol. The van der Waals surface area contributed by atoms with E-state index in [0.717, 1.165) is 12.8 Å². The summed E-state index contributed by atoms with van der Waals surface area (Å²) in [6, 6.07) is 0. The molecule has 0 aromatic rings. The first-order chi connectivity index (χ1) is 10.7. The van der Waals surface area contributed by atoms with Gasteiger partial charge in [0.15, 0.2) is 0 Å². The van der Waals surface area contributed by atoms with Crippen LogP contribution < -0.4 is 0 Å². The summed E-state index contributed by atoms with van der Waals surface area (Å²) in [5.41, 5.74) is 0. The van der Waals surface area contributed by atoms with Gasteiger partial charge >= 0.3 is 5.97 Å². The molecule has 0 fully saturated rings. The minimum atomic E-state index is -0.0782. The quantitative estimate of drug-likeness (QED) is 0.253. The van der Waals surface area contributed by atoms with E-state index in [1.54, 1.807) is 0 Å². The highest BCUT2D eigenvalue weighted by Gasteiger charge is 1.98. The predicted octanol–water partition coefficient (Wildman–Crippen LogP) is 7.06. The Hall–Kier alpha value is -0.530. The number of hydrogen-bond donors (Lipinski definition) is 0. The van der Waals surface area contributed by atoms with Gasteiger partial charge in [-0.1, -0.05) is 104 Å². The monoisotopic (exact) mass is 314 g/mol. The van der Waals surface area contributed by atoms with Gasteiger partial charge < -0.3 is 4.74 Å². The van der Waals surface area contributed by atoms with Crippen LogP contribution in [0.3, 0.4) is 0 Å². The van der Waals surface area contributed by atoms with E-state index in [4.69, 9.17) is 0 Å². The van der Waals surface area contributed by atoms with Crippen LogP contribution in [0.5, 0.6) is 0 Å². The first-order valence-corrected chi connectivity index (χ1v) is 9.79. The van der Waals surface area contributed by atoms with Crippen LogP contribution in [0.4, 0.5) is 0 Å². The molecule has 0 atom stereocenters. The number of methoxy groups -OCH3 is 1. The zero-order chi connectivity index (χ0) is 16.9. The summed E-state index contributed by atoms with van der Waals surface area (Å²) < 4.78 is 4.54. The van der Waals surface area contributed by atoms with Crippen molar-refractivity contribution in [1.29, 1.82) is 0 Å². The third-order valence-electron chi connectivity index (χ3n) is 3.92. The van der Waals surface area contributed by atoms with Crippen LogP contribution in [-0.4, -0.2) is 13.1 Å². The van der Waals surface area contributed by atoms with Crippen LogP contribution in [0.15, 0.2) is 0 Å². The smallest absolute Gasteiger partial charge is 0.305 e. The maximum Gasteiger partial charge on any atom is 0.305 e. The first-order valence-electron chi connectivity index (χ1n) is 9.79. The van der Waals surface area contributed by atoms with Crippen molar-refractivity contribution in [2.24, 2.45) is 0 Å². The van der Waals surface area contributed by atoms with Gasteiger partial charge in [-0.3, -0.25) is 4.79 Å². The molecule has 2 nitrogen and oxygen atoms in total. The Morgan fingerprint density at radius 2 is 0.909 bits per heavy atom. The molecule has 0 saturated carbocycles. The summed E-state index contributed by atoms with van der Waals surface area (Å²) in [6.07, 6.45) is 19.3. The molecule has 0 aromatic heterocycles. The Morgan fingerprint density at radius 1 is 0.591 bits per heavy atom. The van der Waals surface area contributed by atoms with Crippen molar-refractivity contribution in [1.82, 2.24) is 0 Å². The fourth-order valence-electron chi connectivity index (χ4n) is 2.36. The molecule has 0 aliphatic carbocycles. The van der Waals surface area contributed by atoms with Gasteiger partial charge in [-0.2, -0.15) is 0 Å². The fourth-order valence-corrected chi connectivity index (χ4v) is 2.36. The Labute approximate surface area is 140 Å². The molecule has 0 heterocycles. The summed E-state index contributed by atoms with van der Waals surface area (Å²) in [5, 5.41) is 0. The molecule has 0 unspecified atom stereocenters. The van der Waals surface area contributed by atoms with Gasteiger partial charge in [-0.15, -0.1) is 0 Å². The van der Waals surface area contributed by atoms with Crippen LogP contribution in [0.25, 0.3) is 0 Å². The minimum absolute atomic E-state index is 0.0782. The van der Waals surface area contributed by atoms with Crippen LogP contribution in [0.2, 0.25) is 0 Å². The zero-order valence-corrected chi connectivity index (χ0v) is 15.9. The summed E-state index contributed by atoms with van der Waals surface area (Å²) >= 11 is 0. The number of rotatable bonds is 14. The van der Waals surface area contributed by atoms with Gasteiger partial charge in [0.25, 0.3) is 0 Å². The van der Waals surface area contributed by atoms with E-state index < -0.39 is 0 Å². The van der Waals surface area contributed by atoms with Gasteiger partial charge in [0.05, 0.1) is 7.11 Å². The number of carbonyl (C=O) groups is 1. The standard InChI is InChI=1S/C10H20O2.C10H22/c1-3-4-5-6-7-8-9-10(11)12-2;1-3-5-7-9-10-8-6-4-2/h3-9H2,1-2H3;3-10H2,1-2H3. The lowest BCUT2D eigenvalue weighted by atomic mass is 10.1. The molecule has 22 heavy (non-hydrogen) atoms. The first kappa shape index (κ1) is 23.7. The summed E-state index contributed by atoms with van der Waals surface area (Å²) in [4.78, 5) is 10.7. The van der Waals surface area contributed by atoms with Gasteiger partial charge in [-0.25, -0.2) is 0 Å². The van der Waals surface area contributed by atoms with Gasteiger partial charge in [0.2, 0.25) is 0 Å². The van der Waals surface area contributed by atoms with Crippen LogP contribution in [0.1, 0.15) is 117 Å². The second-order valence-corrected chi connectivity index (χ2v) is 6.22. The Balaban J connectivity index is 0. The van der Waals surface area contributed by atoms with Crippen LogP contribution in [-0.2, 0) is 9.53 Å². The lowest BCUT2D eigenvalue weighted by Crippen LogP contribution is -1.98. The van der Waals surface area contributed by atoms with Gasteiger partial charge in [0.1, 0.15) is 0 Å². The van der Waals surface area contributed by atoms with Crippen molar-refractivity contribution in [3.63, 3.8) is 0 Å². The highest BCUT2D eigenvalue weighted by molar-refractivity contribution is 5.68. The summed E-state index contributed by atoms with van der Waals surface area (Å²) in [7, 11) is 1.44. The lowest BCUT2D eigenvalue weighted by Gasteiger charge is -1.99. The molecule has 2 heteroatoms. The molecule has 134 valence electrons. The van der Waals surface area contributed by atoms with Crippen molar-refractivity contribution in [3.05, 3.63) is 0 Å². The van der Waals surface area contributed by atoms with Gasteiger partial charge in [-0.05, 0) is 6.42 Å². The van der Waals surface area contributed by atoms with Crippen molar-refractivity contribution in [2.45, 2.75) is 117 Å². The van der Waals surface area contributed by atoms with Crippen molar-refractivity contribution in [2.75, 3.05) is 7.11 Å². The topological polar surface area (TPSA) is 26.3 Å². The molecule has 0 amide bonds. The molecule has 0 rings (SSSR count). The third kappa shape index (κ3) is 24.5. The van der Waals surface area contributed by atoms with E-state index in [9.17, 15) is 4.79 Å². The second kappa shape index (κ2) is 22.7. The minimum Gasteiger partial charge on any atom is -0.469 e. The molecule has 0 aromatic carbocycles. The maximum atomic E-state index is 10.7. The summed E-state index contributed by atoms with van der Waals surface area (Å²) in [6.45, 7) is 6.74. The highest BCUT2D eigenvalue weighted by atomic mass is 16.5. The van der Waals surface area contributed by atoms with E-state index in [1.807, 2.05) is 0 Å². The molecule has 0 aliphatic heterocycles. The Kier molecular flexibility index (Phi) is 24.5. The van der Waals surface area contributed by atoms with Crippen LogP contribution in [0, 0.1) is 0 Å². The SMILES string of the molecule is CCCCCCCCC(=O)OC.CCCCCCCCCC.